The Hall–Kier alpha value is -1.09. The van der Waals surface area contributed by atoms with Gasteiger partial charge in [-0.25, -0.2) is 0 Å². The molecule has 0 spiro atoms. The van der Waals surface area contributed by atoms with E-state index in [4.69, 9.17) is 0 Å². The highest BCUT2D eigenvalue weighted by molar-refractivity contribution is 8.15. The molecule has 0 bridgehead atoms. The van der Waals surface area contributed by atoms with Crippen LogP contribution < -0.4 is 0 Å². The van der Waals surface area contributed by atoms with Crippen LogP contribution in [0.4, 0.5) is 0 Å². The molecule has 0 aromatic heterocycles. The van der Waals surface area contributed by atoms with Gasteiger partial charge in [-0.3, -0.25) is 9.59 Å². The Labute approximate surface area is 75.0 Å². The summed E-state index contributed by atoms with van der Waals surface area (Å²) < 4.78 is 0. The molecule has 0 radical (unpaired) electrons. The van der Waals surface area contributed by atoms with Crippen molar-refractivity contribution >= 4 is 22.7 Å². The van der Waals surface area contributed by atoms with Gasteiger partial charge in [0.15, 0.2) is 0 Å². The summed E-state index contributed by atoms with van der Waals surface area (Å²) in [6.07, 6.45) is 0. The average molecular weight is 180 g/mol. The number of carbonyl (C=O) groups is 2. The van der Waals surface area contributed by atoms with E-state index in [0.717, 1.165) is 16.7 Å². The molecule has 0 amide bonds. The first-order chi connectivity index (χ1) is 5.70. The quantitative estimate of drug-likeness (QED) is 0.515. The van der Waals surface area contributed by atoms with E-state index in [1.807, 2.05) is 18.2 Å². The molecule has 0 saturated heterocycles. The van der Waals surface area contributed by atoms with Gasteiger partial charge in [0.05, 0.1) is 0 Å². The summed E-state index contributed by atoms with van der Waals surface area (Å²) in [4.78, 5) is 22.3. The summed E-state index contributed by atoms with van der Waals surface area (Å²) in [6.45, 7) is 1.28. The number of carbonyl (C=O) groups excluding carboxylic acids is 2. The predicted molar refractivity (Wildman–Crippen MR) is 48.0 cm³/mol. The molecule has 0 fully saturated rings. The maximum Gasteiger partial charge on any atom is 0.259 e. The summed E-state index contributed by atoms with van der Waals surface area (Å²) in [5.41, 5.74) is 0. The topological polar surface area (TPSA) is 34.1 Å². The fourth-order valence-electron chi connectivity index (χ4n) is 0.667. The highest BCUT2D eigenvalue weighted by Crippen LogP contribution is 2.17. The van der Waals surface area contributed by atoms with Crippen molar-refractivity contribution in [2.75, 3.05) is 0 Å². The van der Waals surface area contributed by atoms with Crippen molar-refractivity contribution in [3.05, 3.63) is 30.3 Å². The van der Waals surface area contributed by atoms with E-state index < -0.39 is 10.9 Å². The second-order valence-corrected chi connectivity index (χ2v) is 3.31. The molecule has 0 unspecified atom stereocenters. The molecule has 0 aliphatic carbocycles. The molecule has 0 aliphatic rings. The molecule has 0 heterocycles. The van der Waals surface area contributed by atoms with Crippen LogP contribution in [0, 0.1) is 0 Å². The lowest BCUT2D eigenvalue weighted by Gasteiger charge is -1.95. The van der Waals surface area contributed by atoms with Crippen LogP contribution in [0.15, 0.2) is 35.2 Å². The number of hydrogen-bond donors (Lipinski definition) is 0. The van der Waals surface area contributed by atoms with E-state index >= 15 is 0 Å². The van der Waals surface area contributed by atoms with E-state index in [9.17, 15) is 9.59 Å². The van der Waals surface area contributed by atoms with Gasteiger partial charge < -0.3 is 0 Å². The predicted octanol–water partition coefficient (Wildman–Crippen LogP) is 1.89. The highest BCUT2D eigenvalue weighted by atomic mass is 32.2. The maximum atomic E-state index is 10.9. The number of rotatable bonds is 2. The minimum absolute atomic E-state index is 0.413. The van der Waals surface area contributed by atoms with Gasteiger partial charge in [0.1, 0.15) is 0 Å². The molecule has 0 atom stereocenters. The Balaban J connectivity index is 2.65. The van der Waals surface area contributed by atoms with Gasteiger partial charge in [0.2, 0.25) is 5.78 Å². The minimum atomic E-state index is -0.416. The number of Topliss-reactive ketones (excluding diaryl/α,β-unsaturated/α-hetero) is 1. The minimum Gasteiger partial charge on any atom is -0.290 e. The monoisotopic (exact) mass is 180 g/mol. The lowest BCUT2D eigenvalue weighted by Crippen LogP contribution is -2.03. The Bertz CT molecular complexity index is 293. The van der Waals surface area contributed by atoms with E-state index in [-0.39, 0.29) is 0 Å². The smallest absolute Gasteiger partial charge is 0.259 e. The Kier molecular flexibility index (Phi) is 3.05. The average Bonchev–Trinajstić information content (AvgIpc) is 2.06. The normalized spacial score (nSPS) is 9.42. The highest BCUT2D eigenvalue weighted by Gasteiger charge is 2.08. The van der Waals surface area contributed by atoms with Gasteiger partial charge in [0.25, 0.3) is 5.12 Å². The lowest BCUT2D eigenvalue weighted by molar-refractivity contribution is -0.130. The lowest BCUT2D eigenvalue weighted by atomic mass is 10.4. The molecule has 0 N–H and O–H groups in total. The number of benzene rings is 1. The molecule has 0 saturated carbocycles. The standard InChI is InChI=1S/C9H8O2S/c1-7(10)9(11)12-8-5-3-2-4-6-8/h2-6H,1H3. The molecule has 2 nitrogen and oxygen atoms in total. The molecule has 1 aromatic carbocycles. The largest absolute Gasteiger partial charge is 0.290 e. The van der Waals surface area contributed by atoms with Crippen molar-refractivity contribution < 1.29 is 9.59 Å². The summed E-state index contributed by atoms with van der Waals surface area (Å²) in [6, 6.07) is 9.12. The first-order valence-electron chi connectivity index (χ1n) is 3.48. The Morgan fingerprint density at radius 1 is 1.17 bits per heavy atom. The van der Waals surface area contributed by atoms with Gasteiger partial charge in [-0.05, 0) is 23.9 Å². The third-order valence-corrected chi connectivity index (χ3v) is 2.22. The first-order valence-corrected chi connectivity index (χ1v) is 4.29. The van der Waals surface area contributed by atoms with Crippen LogP contribution in [-0.4, -0.2) is 10.9 Å². The molecular weight excluding hydrogens is 172 g/mol. The van der Waals surface area contributed by atoms with Crippen molar-refractivity contribution in [2.45, 2.75) is 11.8 Å². The van der Waals surface area contributed by atoms with Gasteiger partial charge in [-0.15, -0.1) is 0 Å². The maximum absolute atomic E-state index is 10.9. The molecule has 1 aromatic rings. The molecule has 1 rings (SSSR count). The van der Waals surface area contributed by atoms with Crippen LogP contribution in [0.1, 0.15) is 6.92 Å². The second kappa shape index (κ2) is 4.07. The van der Waals surface area contributed by atoms with Crippen LogP contribution in [0.25, 0.3) is 0 Å². The molecule has 0 aliphatic heterocycles. The third-order valence-electron chi connectivity index (χ3n) is 1.24. The zero-order chi connectivity index (χ0) is 8.97. The van der Waals surface area contributed by atoms with Crippen LogP contribution >= 0.6 is 11.8 Å². The van der Waals surface area contributed by atoms with Crippen LogP contribution in [0.3, 0.4) is 0 Å². The zero-order valence-corrected chi connectivity index (χ0v) is 7.43. The molecule has 12 heavy (non-hydrogen) atoms. The molecule has 3 heteroatoms. The van der Waals surface area contributed by atoms with Crippen molar-refractivity contribution in [3.8, 4) is 0 Å². The van der Waals surface area contributed by atoms with E-state index in [2.05, 4.69) is 0 Å². The van der Waals surface area contributed by atoms with E-state index in [1.54, 1.807) is 12.1 Å². The number of hydrogen-bond acceptors (Lipinski definition) is 3. The van der Waals surface area contributed by atoms with Crippen molar-refractivity contribution in [2.24, 2.45) is 0 Å². The van der Waals surface area contributed by atoms with Crippen molar-refractivity contribution in [1.82, 2.24) is 0 Å². The fourth-order valence-corrected chi connectivity index (χ4v) is 1.32. The summed E-state index contributed by atoms with van der Waals surface area (Å²) in [5, 5.41) is -0.416. The first kappa shape index (κ1) is 9.00. The number of thioether (sulfide) groups is 1. The van der Waals surface area contributed by atoms with E-state index in [0.29, 0.717) is 0 Å². The van der Waals surface area contributed by atoms with Crippen LogP contribution in [0.2, 0.25) is 0 Å². The van der Waals surface area contributed by atoms with Crippen LogP contribution in [0.5, 0.6) is 0 Å². The molecule has 62 valence electrons. The zero-order valence-electron chi connectivity index (χ0n) is 6.61. The van der Waals surface area contributed by atoms with Gasteiger partial charge in [-0.2, -0.15) is 0 Å². The van der Waals surface area contributed by atoms with Gasteiger partial charge in [-0.1, -0.05) is 18.2 Å². The van der Waals surface area contributed by atoms with Crippen molar-refractivity contribution in [3.63, 3.8) is 0 Å². The van der Waals surface area contributed by atoms with Gasteiger partial charge in [0, 0.05) is 11.8 Å². The third kappa shape index (κ3) is 2.51. The second-order valence-electron chi connectivity index (χ2n) is 2.26. The number of ketones is 1. The van der Waals surface area contributed by atoms with Gasteiger partial charge >= 0.3 is 0 Å². The Morgan fingerprint density at radius 2 is 1.75 bits per heavy atom. The summed E-state index contributed by atoms with van der Waals surface area (Å²) in [7, 11) is 0. The van der Waals surface area contributed by atoms with E-state index in [1.165, 1.54) is 6.92 Å². The SMILES string of the molecule is CC(=O)C(=O)Sc1ccccc1. The summed E-state index contributed by atoms with van der Waals surface area (Å²) >= 11 is 0.963. The summed E-state index contributed by atoms with van der Waals surface area (Å²) in [5.74, 6) is -0.413. The van der Waals surface area contributed by atoms with Crippen molar-refractivity contribution in [1.29, 1.82) is 0 Å². The fraction of sp³-hybridized carbons (Fsp3) is 0.111. The van der Waals surface area contributed by atoms with Crippen LogP contribution in [-0.2, 0) is 9.59 Å². The molecular formula is C9H8O2S. The Morgan fingerprint density at radius 3 is 2.25 bits per heavy atom.